The number of rotatable bonds is 10. The van der Waals surface area contributed by atoms with Crippen LogP contribution in [0.4, 0.5) is 0 Å². The fourth-order valence-corrected chi connectivity index (χ4v) is 4.35. The van der Waals surface area contributed by atoms with Crippen LogP contribution in [-0.2, 0) is 9.53 Å². The van der Waals surface area contributed by atoms with E-state index < -0.39 is 0 Å². The van der Waals surface area contributed by atoms with Gasteiger partial charge >= 0.3 is 0 Å². The number of methoxy groups -OCH3 is 2. The summed E-state index contributed by atoms with van der Waals surface area (Å²) in [6.45, 7) is 7.83. The molecule has 0 bridgehead atoms. The summed E-state index contributed by atoms with van der Waals surface area (Å²) in [4.78, 5) is 15.8. The summed E-state index contributed by atoms with van der Waals surface area (Å²) >= 11 is 0. The van der Waals surface area contributed by atoms with Crippen molar-refractivity contribution in [2.24, 2.45) is 5.92 Å². The van der Waals surface area contributed by atoms with Crippen molar-refractivity contribution in [2.75, 3.05) is 47.1 Å². The van der Waals surface area contributed by atoms with Crippen LogP contribution < -0.4 is 14.8 Å². The molecule has 0 saturated carbocycles. The maximum atomic E-state index is 13.4. The molecule has 1 saturated heterocycles. The molecule has 1 heterocycles. The molecule has 0 aromatic heterocycles. The van der Waals surface area contributed by atoms with Gasteiger partial charge in [-0.25, -0.2) is 0 Å². The monoisotopic (exact) mass is 440 g/mol. The fraction of sp³-hybridized carbons (Fsp3) is 0.500. The number of hydrogen-bond donors (Lipinski definition) is 1. The Morgan fingerprint density at radius 3 is 2.34 bits per heavy atom. The minimum Gasteiger partial charge on any atom is -0.493 e. The van der Waals surface area contributed by atoms with Crippen LogP contribution in [-0.4, -0.2) is 57.9 Å². The first-order chi connectivity index (χ1) is 15.6. The van der Waals surface area contributed by atoms with E-state index in [1.807, 2.05) is 42.5 Å². The molecule has 32 heavy (non-hydrogen) atoms. The number of amides is 1. The van der Waals surface area contributed by atoms with Gasteiger partial charge in [0.2, 0.25) is 5.91 Å². The van der Waals surface area contributed by atoms with Gasteiger partial charge < -0.3 is 19.5 Å². The number of hydrogen-bond acceptors (Lipinski definition) is 5. The highest BCUT2D eigenvalue weighted by Gasteiger charge is 2.29. The van der Waals surface area contributed by atoms with Crippen LogP contribution in [0.3, 0.4) is 0 Å². The summed E-state index contributed by atoms with van der Waals surface area (Å²) in [5, 5.41) is 3.26. The Morgan fingerprint density at radius 1 is 1.03 bits per heavy atom. The summed E-state index contributed by atoms with van der Waals surface area (Å²) in [5.41, 5.74) is 2.15. The Bertz CT molecular complexity index is 852. The molecule has 0 aliphatic carbocycles. The number of benzene rings is 2. The van der Waals surface area contributed by atoms with Gasteiger partial charge in [-0.3, -0.25) is 9.69 Å². The molecular formula is C26H36N2O4. The van der Waals surface area contributed by atoms with Crippen molar-refractivity contribution in [1.29, 1.82) is 0 Å². The van der Waals surface area contributed by atoms with Gasteiger partial charge in [0.25, 0.3) is 0 Å². The normalized spacial score (nSPS) is 17.2. The van der Waals surface area contributed by atoms with Crippen molar-refractivity contribution in [3.05, 3.63) is 59.7 Å². The number of carbonyl (C=O) groups excluding carboxylic acids is 1. The second kappa shape index (κ2) is 11.9. The molecule has 2 aromatic carbocycles. The Hall–Kier alpha value is -2.57. The summed E-state index contributed by atoms with van der Waals surface area (Å²) in [5.74, 6) is 1.54. The van der Waals surface area contributed by atoms with E-state index >= 15 is 0 Å². The summed E-state index contributed by atoms with van der Waals surface area (Å²) in [6, 6.07) is 16.1. The summed E-state index contributed by atoms with van der Waals surface area (Å²) in [6.07, 6.45) is 0.940. The van der Waals surface area contributed by atoms with E-state index in [4.69, 9.17) is 14.2 Å². The molecule has 1 aliphatic rings. The zero-order valence-corrected chi connectivity index (χ0v) is 19.7. The molecule has 3 atom stereocenters. The molecule has 6 heteroatoms. The zero-order chi connectivity index (χ0) is 22.9. The minimum atomic E-state index is -0.169. The fourth-order valence-electron chi connectivity index (χ4n) is 4.35. The molecule has 0 radical (unpaired) electrons. The van der Waals surface area contributed by atoms with Crippen LogP contribution in [0, 0.1) is 5.92 Å². The highest BCUT2D eigenvalue weighted by atomic mass is 16.5. The van der Waals surface area contributed by atoms with Gasteiger partial charge in [0.15, 0.2) is 11.5 Å². The lowest BCUT2D eigenvalue weighted by molar-refractivity contribution is -0.124. The highest BCUT2D eigenvalue weighted by molar-refractivity contribution is 5.84. The summed E-state index contributed by atoms with van der Waals surface area (Å²) in [7, 11) is 3.28. The van der Waals surface area contributed by atoms with Crippen molar-refractivity contribution in [3.63, 3.8) is 0 Å². The predicted molar refractivity (Wildman–Crippen MR) is 126 cm³/mol. The Labute approximate surface area is 191 Å². The number of morpholine rings is 1. The van der Waals surface area contributed by atoms with Crippen LogP contribution in [0.5, 0.6) is 11.5 Å². The quantitative estimate of drug-likeness (QED) is 0.605. The van der Waals surface area contributed by atoms with E-state index in [0.29, 0.717) is 31.3 Å². The van der Waals surface area contributed by atoms with E-state index in [1.54, 1.807) is 14.2 Å². The van der Waals surface area contributed by atoms with E-state index in [-0.39, 0.29) is 23.8 Å². The Kier molecular flexibility index (Phi) is 8.94. The number of carbonyl (C=O) groups is 1. The first kappa shape index (κ1) is 24.1. The molecule has 1 aliphatic heterocycles. The van der Waals surface area contributed by atoms with Crippen molar-refractivity contribution in [3.8, 4) is 11.5 Å². The number of ether oxygens (including phenoxy) is 3. The van der Waals surface area contributed by atoms with Gasteiger partial charge in [-0.05, 0) is 29.2 Å². The largest absolute Gasteiger partial charge is 0.493 e. The second-order valence-electron chi connectivity index (χ2n) is 8.30. The first-order valence-corrected chi connectivity index (χ1v) is 11.4. The zero-order valence-electron chi connectivity index (χ0n) is 19.7. The molecule has 3 rings (SSSR count). The van der Waals surface area contributed by atoms with Crippen molar-refractivity contribution >= 4 is 5.91 Å². The van der Waals surface area contributed by atoms with Gasteiger partial charge in [-0.1, -0.05) is 56.7 Å². The molecule has 0 spiro atoms. The van der Waals surface area contributed by atoms with Crippen LogP contribution in [0.2, 0.25) is 0 Å². The highest BCUT2D eigenvalue weighted by Crippen LogP contribution is 2.33. The molecule has 1 fully saturated rings. The van der Waals surface area contributed by atoms with Crippen LogP contribution >= 0.6 is 0 Å². The summed E-state index contributed by atoms with van der Waals surface area (Å²) < 4.78 is 16.5. The molecule has 6 nitrogen and oxygen atoms in total. The first-order valence-electron chi connectivity index (χ1n) is 11.4. The van der Waals surface area contributed by atoms with Crippen LogP contribution in [0.15, 0.2) is 48.5 Å². The molecule has 2 aromatic rings. The minimum absolute atomic E-state index is 0.0241. The van der Waals surface area contributed by atoms with Gasteiger partial charge in [0, 0.05) is 19.6 Å². The lowest BCUT2D eigenvalue weighted by Crippen LogP contribution is -2.45. The number of nitrogens with one attached hydrogen (secondary N) is 1. The van der Waals surface area contributed by atoms with E-state index in [1.165, 1.54) is 0 Å². The Balaban J connectivity index is 1.82. The topological polar surface area (TPSA) is 60.0 Å². The number of nitrogens with zero attached hydrogens (tertiary/aromatic N) is 1. The van der Waals surface area contributed by atoms with Crippen molar-refractivity contribution in [2.45, 2.75) is 32.2 Å². The molecular weight excluding hydrogens is 404 g/mol. The molecule has 1 N–H and O–H groups in total. The predicted octanol–water partition coefficient (Wildman–Crippen LogP) is 4.02. The maximum Gasteiger partial charge on any atom is 0.227 e. The standard InChI is InChI=1S/C26H36N2O4/c1-5-19(2)25(20-9-7-6-8-10-20)26(29)27-18-22(28-13-15-32-16-14-28)21-11-12-23(30-3)24(17-21)31-4/h6-12,17,19,22,25H,5,13-16,18H2,1-4H3,(H,27,29). The average Bonchev–Trinajstić information content (AvgIpc) is 2.85. The van der Waals surface area contributed by atoms with Crippen molar-refractivity contribution < 1.29 is 19.0 Å². The van der Waals surface area contributed by atoms with E-state index in [2.05, 4.69) is 30.1 Å². The van der Waals surface area contributed by atoms with Gasteiger partial charge in [-0.15, -0.1) is 0 Å². The van der Waals surface area contributed by atoms with Crippen molar-refractivity contribution in [1.82, 2.24) is 10.2 Å². The average molecular weight is 441 g/mol. The lowest BCUT2D eigenvalue weighted by atomic mass is 9.85. The van der Waals surface area contributed by atoms with Gasteiger partial charge in [0.05, 0.1) is 39.4 Å². The molecule has 1 amide bonds. The third-order valence-electron chi connectivity index (χ3n) is 6.40. The maximum absolute atomic E-state index is 13.4. The van der Waals surface area contributed by atoms with Crippen LogP contribution in [0.25, 0.3) is 0 Å². The van der Waals surface area contributed by atoms with Crippen LogP contribution in [0.1, 0.15) is 43.4 Å². The third-order valence-corrected chi connectivity index (χ3v) is 6.40. The van der Waals surface area contributed by atoms with E-state index in [9.17, 15) is 4.79 Å². The lowest BCUT2D eigenvalue weighted by Gasteiger charge is -2.35. The molecule has 174 valence electrons. The SMILES string of the molecule is CCC(C)C(C(=O)NCC(c1ccc(OC)c(OC)c1)N1CCOCC1)c1ccccc1. The van der Waals surface area contributed by atoms with E-state index in [0.717, 1.165) is 30.6 Å². The van der Waals surface area contributed by atoms with Gasteiger partial charge in [0.1, 0.15) is 0 Å². The Morgan fingerprint density at radius 2 is 1.72 bits per heavy atom. The van der Waals surface area contributed by atoms with Gasteiger partial charge in [-0.2, -0.15) is 0 Å². The molecule has 3 unspecified atom stereocenters. The second-order valence-corrected chi connectivity index (χ2v) is 8.30. The third kappa shape index (κ3) is 5.81. The smallest absolute Gasteiger partial charge is 0.227 e.